The second-order valence-electron chi connectivity index (χ2n) is 14.1. The zero-order valence-electron chi connectivity index (χ0n) is 29.4. The fraction of sp³-hybridized carbons (Fsp3) is 0.0625. The Morgan fingerprint density at radius 2 is 0.887 bits per heavy atom. The number of thiophene rings is 1. The summed E-state index contributed by atoms with van der Waals surface area (Å²) in [5.74, 6) is 1.99. The first-order valence-corrected chi connectivity index (χ1v) is 18.8. The normalized spacial score (nSPS) is 13.2. The van der Waals surface area contributed by atoms with E-state index in [4.69, 9.17) is 15.0 Å². The van der Waals surface area contributed by atoms with Gasteiger partial charge in [0.05, 0.1) is 11.4 Å². The van der Waals surface area contributed by atoms with Crippen molar-refractivity contribution in [2.45, 2.75) is 19.3 Å². The molecule has 5 heteroatoms. The Labute approximate surface area is 312 Å². The SMILES string of the molecule is CC1(C)c2ccccc2N(c2ccccc2)c2ccc(-c3ccc4sc5ccc(-c6nc(-c7ccccc7)nc(-c7ccccc7)n6)cc5c4c3)cc21. The molecule has 1 aliphatic rings. The number of hydrogen-bond acceptors (Lipinski definition) is 5. The Hall–Kier alpha value is -6.43. The fourth-order valence-electron chi connectivity index (χ4n) is 7.77. The van der Waals surface area contributed by atoms with Gasteiger partial charge < -0.3 is 4.90 Å². The van der Waals surface area contributed by atoms with Crippen LogP contribution in [0.4, 0.5) is 17.1 Å². The Balaban J connectivity index is 1.10. The number of aromatic nitrogens is 3. The first-order valence-electron chi connectivity index (χ1n) is 17.9. The van der Waals surface area contributed by atoms with Crippen molar-refractivity contribution in [2.75, 3.05) is 4.90 Å². The summed E-state index contributed by atoms with van der Waals surface area (Å²) in [6.45, 7) is 4.70. The maximum absolute atomic E-state index is 5.01. The molecule has 0 amide bonds. The standard InChI is InChI=1S/C48H34N4S/c1-48(2)39-20-12-13-21-41(39)52(36-18-10-5-11-19-36)42-25-22-34(30-40(42)48)33-23-26-43-37(28-33)38-29-35(24-27-44(38)53-43)47-50-45(31-14-6-3-7-15-31)49-46(51-47)32-16-8-4-9-17-32/h3-30H,1-2H3. The lowest BCUT2D eigenvalue weighted by Gasteiger charge is -2.42. The maximum atomic E-state index is 5.01. The van der Waals surface area contributed by atoms with Gasteiger partial charge >= 0.3 is 0 Å². The van der Waals surface area contributed by atoms with E-state index in [1.165, 1.54) is 53.8 Å². The minimum absolute atomic E-state index is 0.178. The molecule has 1 aliphatic heterocycles. The summed E-state index contributed by atoms with van der Waals surface area (Å²) < 4.78 is 2.50. The lowest BCUT2D eigenvalue weighted by Crippen LogP contribution is -2.30. The van der Waals surface area contributed by atoms with Gasteiger partial charge in [-0.15, -0.1) is 11.3 Å². The van der Waals surface area contributed by atoms with E-state index in [2.05, 4.69) is 128 Å². The number of nitrogens with zero attached hydrogens (tertiary/aromatic N) is 4. The number of rotatable bonds is 5. The van der Waals surface area contributed by atoms with E-state index in [1.54, 1.807) is 0 Å². The van der Waals surface area contributed by atoms with E-state index < -0.39 is 0 Å². The van der Waals surface area contributed by atoms with Crippen LogP contribution >= 0.6 is 11.3 Å². The zero-order valence-corrected chi connectivity index (χ0v) is 30.2. The van der Waals surface area contributed by atoms with Crippen molar-refractivity contribution in [3.63, 3.8) is 0 Å². The van der Waals surface area contributed by atoms with Gasteiger partial charge in [0, 0.05) is 48.0 Å². The first kappa shape index (κ1) is 31.3. The van der Waals surface area contributed by atoms with Crippen molar-refractivity contribution in [3.05, 3.63) is 181 Å². The molecule has 252 valence electrons. The quantitative estimate of drug-likeness (QED) is 0.179. The number of benzene rings is 7. The Morgan fingerprint density at radius 1 is 0.415 bits per heavy atom. The maximum Gasteiger partial charge on any atom is 0.164 e. The Kier molecular flexibility index (Phi) is 7.31. The van der Waals surface area contributed by atoms with Crippen molar-refractivity contribution in [2.24, 2.45) is 0 Å². The minimum atomic E-state index is -0.178. The van der Waals surface area contributed by atoms with E-state index in [1.807, 2.05) is 72.0 Å². The van der Waals surface area contributed by atoms with Crippen LogP contribution in [0.3, 0.4) is 0 Å². The molecule has 53 heavy (non-hydrogen) atoms. The van der Waals surface area contributed by atoms with Gasteiger partial charge in [-0.2, -0.15) is 0 Å². The van der Waals surface area contributed by atoms with Gasteiger partial charge in [-0.1, -0.05) is 123 Å². The van der Waals surface area contributed by atoms with Gasteiger partial charge in [-0.25, -0.2) is 15.0 Å². The summed E-state index contributed by atoms with van der Waals surface area (Å²) in [5, 5.41) is 2.44. The van der Waals surface area contributed by atoms with E-state index in [9.17, 15) is 0 Å². The predicted molar refractivity (Wildman–Crippen MR) is 221 cm³/mol. The van der Waals surface area contributed by atoms with Gasteiger partial charge in [0.25, 0.3) is 0 Å². The molecule has 0 saturated carbocycles. The van der Waals surface area contributed by atoms with Crippen LogP contribution in [-0.4, -0.2) is 15.0 Å². The van der Waals surface area contributed by atoms with Crippen LogP contribution in [0.25, 0.3) is 65.5 Å². The molecule has 0 fully saturated rings. The molecule has 4 nitrogen and oxygen atoms in total. The number of fused-ring (bicyclic) bond motifs is 5. The van der Waals surface area contributed by atoms with Crippen LogP contribution in [0, 0.1) is 0 Å². The molecule has 3 heterocycles. The second kappa shape index (κ2) is 12.4. The molecule has 0 unspecified atom stereocenters. The zero-order chi connectivity index (χ0) is 35.5. The van der Waals surface area contributed by atoms with E-state index >= 15 is 0 Å². The van der Waals surface area contributed by atoms with Crippen LogP contribution in [0.1, 0.15) is 25.0 Å². The summed E-state index contributed by atoms with van der Waals surface area (Å²) >= 11 is 1.82. The molecule has 0 bridgehead atoms. The highest BCUT2D eigenvalue weighted by molar-refractivity contribution is 7.25. The molecule has 0 saturated heterocycles. The van der Waals surface area contributed by atoms with Gasteiger partial charge in [-0.3, -0.25) is 0 Å². The summed E-state index contributed by atoms with van der Waals surface area (Å²) in [5.41, 5.74) is 11.4. The highest BCUT2D eigenvalue weighted by atomic mass is 32.1. The van der Waals surface area contributed by atoms with Crippen molar-refractivity contribution in [1.29, 1.82) is 0 Å². The van der Waals surface area contributed by atoms with Crippen LogP contribution in [0.2, 0.25) is 0 Å². The number of para-hydroxylation sites is 2. The molecular formula is C48H34N4S. The van der Waals surface area contributed by atoms with Crippen molar-refractivity contribution >= 4 is 48.6 Å². The second-order valence-corrected chi connectivity index (χ2v) is 15.2. The molecular weight excluding hydrogens is 665 g/mol. The largest absolute Gasteiger partial charge is 0.310 e. The van der Waals surface area contributed by atoms with Crippen molar-refractivity contribution < 1.29 is 0 Å². The summed E-state index contributed by atoms with van der Waals surface area (Å²) in [4.78, 5) is 17.3. The van der Waals surface area contributed by atoms with Gasteiger partial charge in [0.1, 0.15) is 0 Å². The summed E-state index contributed by atoms with van der Waals surface area (Å²) in [6, 6.07) is 60.3. The molecule has 0 N–H and O–H groups in total. The molecule has 2 aromatic heterocycles. The number of anilines is 3. The third-order valence-corrected chi connectivity index (χ3v) is 11.7. The lowest BCUT2D eigenvalue weighted by atomic mass is 9.73. The first-order chi connectivity index (χ1) is 26.0. The average Bonchev–Trinajstić information content (AvgIpc) is 3.59. The van der Waals surface area contributed by atoms with E-state index in [-0.39, 0.29) is 5.41 Å². The number of hydrogen-bond donors (Lipinski definition) is 0. The van der Waals surface area contributed by atoms with Crippen LogP contribution in [-0.2, 0) is 5.41 Å². The third kappa shape index (κ3) is 5.32. The van der Waals surface area contributed by atoms with E-state index in [0.29, 0.717) is 17.5 Å². The Morgan fingerprint density at radius 3 is 1.53 bits per heavy atom. The van der Waals surface area contributed by atoms with Gasteiger partial charge in [0.2, 0.25) is 0 Å². The van der Waals surface area contributed by atoms with Gasteiger partial charge in [-0.05, 0) is 82.9 Å². The summed E-state index contributed by atoms with van der Waals surface area (Å²) in [7, 11) is 0. The van der Waals surface area contributed by atoms with Crippen LogP contribution in [0.5, 0.6) is 0 Å². The predicted octanol–water partition coefficient (Wildman–Crippen LogP) is 13.0. The molecule has 0 atom stereocenters. The van der Waals surface area contributed by atoms with E-state index in [0.717, 1.165) is 22.4 Å². The fourth-order valence-corrected chi connectivity index (χ4v) is 8.84. The van der Waals surface area contributed by atoms with Crippen LogP contribution in [0.15, 0.2) is 170 Å². The van der Waals surface area contributed by atoms with Crippen molar-refractivity contribution in [1.82, 2.24) is 15.0 Å². The van der Waals surface area contributed by atoms with Gasteiger partial charge in [0.15, 0.2) is 17.5 Å². The highest BCUT2D eigenvalue weighted by Crippen LogP contribution is 2.52. The summed E-state index contributed by atoms with van der Waals surface area (Å²) in [6.07, 6.45) is 0. The lowest BCUT2D eigenvalue weighted by molar-refractivity contribution is 0.632. The Bertz CT molecular complexity index is 2750. The molecule has 0 radical (unpaired) electrons. The molecule has 0 spiro atoms. The third-order valence-electron chi connectivity index (χ3n) is 10.5. The molecule has 9 aromatic rings. The highest BCUT2D eigenvalue weighted by Gasteiger charge is 2.37. The topological polar surface area (TPSA) is 41.9 Å². The monoisotopic (exact) mass is 698 g/mol. The van der Waals surface area contributed by atoms with Crippen LogP contribution < -0.4 is 4.90 Å². The van der Waals surface area contributed by atoms with Crippen molar-refractivity contribution in [3.8, 4) is 45.3 Å². The molecule has 7 aromatic carbocycles. The molecule has 10 rings (SSSR count). The molecule has 0 aliphatic carbocycles. The minimum Gasteiger partial charge on any atom is -0.310 e. The average molecular weight is 699 g/mol. The smallest absolute Gasteiger partial charge is 0.164 e.